The predicted molar refractivity (Wildman–Crippen MR) is 66.7 cm³/mol. The van der Waals surface area contributed by atoms with Crippen molar-refractivity contribution in [2.45, 2.75) is 31.8 Å². The third-order valence-electron chi connectivity index (χ3n) is 2.81. The third-order valence-corrected chi connectivity index (χ3v) is 2.81. The summed E-state index contributed by atoms with van der Waals surface area (Å²) in [6, 6.07) is 8.11. The van der Waals surface area contributed by atoms with Crippen LogP contribution in [0.3, 0.4) is 0 Å². The van der Waals surface area contributed by atoms with Crippen LogP contribution in [0, 0.1) is 0 Å². The highest BCUT2D eigenvalue weighted by molar-refractivity contribution is 5.85. The van der Waals surface area contributed by atoms with E-state index < -0.39 is 6.04 Å². The Morgan fingerprint density at radius 3 is 2.31 bits per heavy atom. The van der Waals surface area contributed by atoms with E-state index >= 15 is 0 Å². The summed E-state index contributed by atoms with van der Waals surface area (Å²) in [4.78, 5) is 11.4. The number of fused-ring (bicyclic) bond motifs is 1. The molecule has 2 rings (SSSR count). The molecule has 3 N–H and O–H groups in total. The summed E-state index contributed by atoms with van der Waals surface area (Å²) in [5, 5.41) is 2.96. The average Bonchev–Trinajstić information content (AvgIpc) is 2.59. The van der Waals surface area contributed by atoms with Gasteiger partial charge >= 0.3 is 0 Å². The molecule has 0 spiro atoms. The zero-order valence-corrected chi connectivity index (χ0v) is 10.1. The van der Waals surface area contributed by atoms with Crippen LogP contribution in [0.1, 0.15) is 18.1 Å². The topological polar surface area (TPSA) is 55.1 Å². The molecular weight excluding hydrogens is 224 g/mol. The minimum Gasteiger partial charge on any atom is -0.351 e. The minimum atomic E-state index is -0.422. The summed E-state index contributed by atoms with van der Waals surface area (Å²) >= 11 is 0. The minimum absolute atomic E-state index is 0. The van der Waals surface area contributed by atoms with Gasteiger partial charge in [0, 0.05) is 6.04 Å². The van der Waals surface area contributed by atoms with E-state index in [1.807, 2.05) is 12.1 Å². The number of carbonyl (C=O) groups excluding carboxylic acids is 1. The molecule has 0 unspecified atom stereocenters. The van der Waals surface area contributed by atoms with E-state index in [0.717, 1.165) is 12.8 Å². The maximum absolute atomic E-state index is 11.4. The molecule has 1 aromatic rings. The lowest BCUT2D eigenvalue weighted by Gasteiger charge is -2.13. The maximum atomic E-state index is 11.4. The Labute approximate surface area is 102 Å². The normalized spacial score (nSPS) is 16.1. The number of nitrogens with one attached hydrogen (secondary N) is 1. The van der Waals surface area contributed by atoms with Gasteiger partial charge in [0.1, 0.15) is 0 Å². The summed E-state index contributed by atoms with van der Waals surface area (Å²) in [5.74, 6) is -0.0622. The molecule has 1 aliphatic carbocycles. The van der Waals surface area contributed by atoms with E-state index in [9.17, 15) is 4.79 Å². The fraction of sp³-hybridized carbons (Fsp3) is 0.417. The zero-order valence-electron chi connectivity index (χ0n) is 9.27. The lowest BCUT2D eigenvalue weighted by atomic mass is 10.1. The van der Waals surface area contributed by atoms with Gasteiger partial charge in [-0.05, 0) is 30.9 Å². The molecule has 0 radical (unpaired) electrons. The van der Waals surface area contributed by atoms with Gasteiger partial charge in [-0.15, -0.1) is 12.4 Å². The molecule has 0 fully saturated rings. The van der Waals surface area contributed by atoms with Crippen LogP contribution in [0.2, 0.25) is 0 Å². The molecule has 3 nitrogen and oxygen atoms in total. The van der Waals surface area contributed by atoms with Crippen molar-refractivity contribution in [3.63, 3.8) is 0 Å². The van der Waals surface area contributed by atoms with Crippen molar-refractivity contribution in [2.75, 3.05) is 0 Å². The number of nitrogens with two attached hydrogens (primary N) is 1. The summed E-state index contributed by atoms with van der Waals surface area (Å²) in [5.41, 5.74) is 8.19. The van der Waals surface area contributed by atoms with Crippen molar-refractivity contribution >= 4 is 18.3 Å². The largest absolute Gasteiger partial charge is 0.351 e. The summed E-state index contributed by atoms with van der Waals surface area (Å²) < 4.78 is 0. The first-order valence-corrected chi connectivity index (χ1v) is 5.29. The Hall–Kier alpha value is -1.06. The second-order valence-electron chi connectivity index (χ2n) is 4.17. The first kappa shape index (κ1) is 13.0. The van der Waals surface area contributed by atoms with Gasteiger partial charge in [0.2, 0.25) is 5.91 Å². The van der Waals surface area contributed by atoms with Crippen molar-refractivity contribution < 1.29 is 4.79 Å². The molecule has 1 atom stereocenters. The van der Waals surface area contributed by atoms with E-state index in [1.54, 1.807) is 6.92 Å². The molecule has 0 heterocycles. The molecule has 0 saturated carbocycles. The van der Waals surface area contributed by atoms with E-state index in [2.05, 4.69) is 17.4 Å². The average molecular weight is 241 g/mol. The number of carbonyl (C=O) groups is 1. The van der Waals surface area contributed by atoms with Crippen molar-refractivity contribution in [2.24, 2.45) is 5.73 Å². The standard InChI is InChI=1S/C12H16N2O.ClH/c1-8(13)12(15)14-11-6-9-4-2-3-5-10(9)7-11;/h2-5,8,11H,6-7,13H2,1H3,(H,14,15);1H/t8-;/m0./s1. The van der Waals surface area contributed by atoms with Crippen molar-refractivity contribution in [1.82, 2.24) is 5.32 Å². The van der Waals surface area contributed by atoms with Crippen LogP contribution in [0.25, 0.3) is 0 Å². The zero-order chi connectivity index (χ0) is 10.8. The molecule has 1 amide bonds. The summed E-state index contributed by atoms with van der Waals surface area (Å²) in [6.45, 7) is 1.71. The smallest absolute Gasteiger partial charge is 0.236 e. The Kier molecular flexibility index (Phi) is 4.33. The highest BCUT2D eigenvalue weighted by Crippen LogP contribution is 2.21. The SMILES string of the molecule is C[C@H](N)C(=O)NC1Cc2ccccc2C1.Cl. The Bertz CT molecular complexity index is 354. The third kappa shape index (κ3) is 2.74. The van der Waals surface area contributed by atoms with Gasteiger partial charge in [0.25, 0.3) is 0 Å². The van der Waals surface area contributed by atoms with Gasteiger partial charge in [0.15, 0.2) is 0 Å². The van der Waals surface area contributed by atoms with Crippen molar-refractivity contribution in [3.8, 4) is 0 Å². The molecule has 88 valence electrons. The second-order valence-corrected chi connectivity index (χ2v) is 4.17. The Morgan fingerprint density at radius 1 is 1.38 bits per heavy atom. The predicted octanol–water partition coefficient (Wildman–Crippen LogP) is 1.04. The molecule has 1 aliphatic rings. The number of amides is 1. The lowest BCUT2D eigenvalue weighted by Crippen LogP contribution is -2.44. The fourth-order valence-electron chi connectivity index (χ4n) is 1.99. The second kappa shape index (κ2) is 5.32. The van der Waals surface area contributed by atoms with Gasteiger partial charge in [0.05, 0.1) is 6.04 Å². The number of benzene rings is 1. The van der Waals surface area contributed by atoms with Crippen molar-refractivity contribution in [1.29, 1.82) is 0 Å². The molecule has 4 heteroatoms. The monoisotopic (exact) mass is 240 g/mol. The first-order chi connectivity index (χ1) is 7.16. The lowest BCUT2D eigenvalue weighted by molar-refractivity contribution is -0.122. The molecular formula is C12H17ClN2O. The number of rotatable bonds is 2. The number of halogens is 1. The molecule has 16 heavy (non-hydrogen) atoms. The highest BCUT2D eigenvalue weighted by atomic mass is 35.5. The van der Waals surface area contributed by atoms with Crippen LogP contribution in [0.4, 0.5) is 0 Å². The molecule has 0 aliphatic heterocycles. The van der Waals surface area contributed by atoms with Gasteiger partial charge in [-0.25, -0.2) is 0 Å². The number of hydrogen-bond donors (Lipinski definition) is 2. The molecule has 0 bridgehead atoms. The van der Waals surface area contributed by atoms with Crippen LogP contribution in [-0.4, -0.2) is 18.0 Å². The van der Waals surface area contributed by atoms with Crippen molar-refractivity contribution in [3.05, 3.63) is 35.4 Å². The fourth-order valence-corrected chi connectivity index (χ4v) is 1.99. The van der Waals surface area contributed by atoms with E-state index in [4.69, 9.17) is 5.73 Å². The summed E-state index contributed by atoms with van der Waals surface area (Å²) in [7, 11) is 0. The van der Waals surface area contributed by atoms with Crippen LogP contribution in [0.15, 0.2) is 24.3 Å². The molecule has 0 aromatic heterocycles. The van der Waals surface area contributed by atoms with Gasteiger partial charge in [-0.2, -0.15) is 0 Å². The van der Waals surface area contributed by atoms with Gasteiger partial charge < -0.3 is 11.1 Å². The van der Waals surface area contributed by atoms with Crippen LogP contribution in [-0.2, 0) is 17.6 Å². The first-order valence-electron chi connectivity index (χ1n) is 5.29. The van der Waals surface area contributed by atoms with Gasteiger partial charge in [-0.3, -0.25) is 4.79 Å². The van der Waals surface area contributed by atoms with E-state index in [-0.39, 0.29) is 24.4 Å². The van der Waals surface area contributed by atoms with E-state index in [1.165, 1.54) is 11.1 Å². The Morgan fingerprint density at radius 2 is 1.88 bits per heavy atom. The maximum Gasteiger partial charge on any atom is 0.236 e. The molecule has 1 aromatic carbocycles. The molecule has 0 saturated heterocycles. The van der Waals surface area contributed by atoms with Crippen LogP contribution in [0.5, 0.6) is 0 Å². The highest BCUT2D eigenvalue weighted by Gasteiger charge is 2.22. The quantitative estimate of drug-likeness (QED) is 0.812. The van der Waals surface area contributed by atoms with Crippen LogP contribution < -0.4 is 11.1 Å². The summed E-state index contributed by atoms with van der Waals surface area (Å²) in [6.07, 6.45) is 1.85. The van der Waals surface area contributed by atoms with Gasteiger partial charge in [-0.1, -0.05) is 24.3 Å². The van der Waals surface area contributed by atoms with E-state index in [0.29, 0.717) is 0 Å². The number of hydrogen-bond acceptors (Lipinski definition) is 2. The van der Waals surface area contributed by atoms with Crippen LogP contribution >= 0.6 is 12.4 Å². The Balaban J connectivity index is 0.00000128.